The van der Waals surface area contributed by atoms with Crippen molar-refractivity contribution in [2.45, 2.75) is 89.9 Å². The highest BCUT2D eigenvalue weighted by Gasteiger charge is 2.53. The van der Waals surface area contributed by atoms with Gasteiger partial charge in [-0.3, -0.25) is 9.88 Å². The van der Waals surface area contributed by atoms with Gasteiger partial charge >= 0.3 is 6.09 Å². The molecular weight excluding hydrogens is 644 g/mol. The summed E-state index contributed by atoms with van der Waals surface area (Å²) in [5, 5.41) is 2.44. The van der Waals surface area contributed by atoms with E-state index in [0.717, 1.165) is 5.39 Å². The molecule has 2 bridgehead atoms. The number of aromatic nitrogens is 3. The summed E-state index contributed by atoms with van der Waals surface area (Å²) in [5.74, 6) is -0.138. The topological polar surface area (TPSA) is 80.7 Å². The largest absolute Gasteiger partial charge is 0.444 e. The summed E-state index contributed by atoms with van der Waals surface area (Å²) in [6.45, 7) is 17.5. The SMILES string of the molecule is CC(C)(C)OC(=O)N1C2CN(c3nc(Cl)nc4c(F)c(-c5cccc6cccc(Cl)c56)ncc34)C[C@H]1CC2O[Si](C)(C)C(C)(C)C. The van der Waals surface area contributed by atoms with Crippen molar-refractivity contribution < 1.29 is 18.3 Å². The van der Waals surface area contributed by atoms with E-state index in [4.69, 9.17) is 32.4 Å². The highest BCUT2D eigenvalue weighted by atomic mass is 35.5. The van der Waals surface area contributed by atoms with Gasteiger partial charge in [0.05, 0.1) is 23.6 Å². The standard InChI is InChI=1S/C34H40Cl2FN5O3Si/c1-33(2,3)44-32(43)42-20-15-25(45-46(7,8)34(4,5)6)24(42)18-41(17-20)30-22-16-38-28(27(37)29(22)39-31(36)40-30)21-13-9-11-19-12-10-14-23(35)26(19)21/h9-14,16,20,24-25H,15,17-18H2,1-8H3/t20-,24?,25?/m1/s1. The molecule has 8 nitrogen and oxygen atoms in total. The molecule has 2 aliphatic heterocycles. The Balaban J connectivity index is 1.40. The summed E-state index contributed by atoms with van der Waals surface area (Å²) in [6.07, 6.45) is 1.70. The molecule has 2 aromatic carbocycles. The van der Waals surface area contributed by atoms with Gasteiger partial charge in [-0.05, 0) is 68.4 Å². The van der Waals surface area contributed by atoms with Gasteiger partial charge < -0.3 is 14.1 Å². The quantitative estimate of drug-likeness (QED) is 0.157. The third-order valence-electron chi connectivity index (χ3n) is 9.42. The van der Waals surface area contributed by atoms with Crippen molar-refractivity contribution >= 4 is 65.1 Å². The lowest BCUT2D eigenvalue weighted by atomic mass is 10.0. The van der Waals surface area contributed by atoms with Crippen molar-refractivity contribution in [3.63, 3.8) is 0 Å². The van der Waals surface area contributed by atoms with Crippen molar-refractivity contribution in [1.29, 1.82) is 0 Å². The van der Waals surface area contributed by atoms with Gasteiger partial charge in [0.25, 0.3) is 0 Å². The van der Waals surface area contributed by atoms with Crippen LogP contribution < -0.4 is 4.90 Å². The summed E-state index contributed by atoms with van der Waals surface area (Å²) < 4.78 is 29.2. The highest BCUT2D eigenvalue weighted by Crippen LogP contribution is 2.43. The molecule has 0 aliphatic carbocycles. The average Bonchev–Trinajstić information content (AvgIpc) is 3.16. The molecule has 12 heteroatoms. The molecule has 2 unspecified atom stereocenters. The maximum Gasteiger partial charge on any atom is 0.411 e. The summed E-state index contributed by atoms with van der Waals surface area (Å²) in [5.41, 5.74) is 0.118. The number of amides is 1. The number of pyridine rings is 1. The molecule has 0 N–H and O–H groups in total. The average molecular weight is 685 g/mol. The zero-order chi connectivity index (χ0) is 33.3. The Morgan fingerprint density at radius 3 is 2.39 bits per heavy atom. The predicted molar refractivity (Wildman–Crippen MR) is 185 cm³/mol. The predicted octanol–water partition coefficient (Wildman–Crippen LogP) is 8.88. The molecule has 2 aliphatic rings. The maximum absolute atomic E-state index is 16.4. The van der Waals surface area contributed by atoms with Gasteiger partial charge in [0.15, 0.2) is 14.1 Å². The number of piperazine rings is 1. The lowest BCUT2D eigenvalue weighted by Crippen LogP contribution is -2.59. The molecule has 3 atom stereocenters. The highest BCUT2D eigenvalue weighted by molar-refractivity contribution is 6.74. The minimum Gasteiger partial charge on any atom is -0.444 e. The fourth-order valence-corrected chi connectivity index (χ4v) is 8.11. The summed E-state index contributed by atoms with van der Waals surface area (Å²) in [6, 6.07) is 10.6. The van der Waals surface area contributed by atoms with Gasteiger partial charge in [-0.2, -0.15) is 4.98 Å². The minimum absolute atomic E-state index is 0.00821. The number of nitrogens with zero attached hydrogens (tertiary/aromatic N) is 5. The number of carbonyl (C=O) groups excluding carboxylic acids is 1. The number of fused-ring (bicyclic) bond motifs is 4. The van der Waals surface area contributed by atoms with Gasteiger partial charge in [0.2, 0.25) is 5.28 Å². The van der Waals surface area contributed by atoms with Crippen LogP contribution in [0.1, 0.15) is 48.0 Å². The van der Waals surface area contributed by atoms with Gasteiger partial charge in [-0.25, -0.2) is 14.2 Å². The van der Waals surface area contributed by atoms with Crippen LogP contribution in [0.25, 0.3) is 32.9 Å². The van der Waals surface area contributed by atoms with E-state index in [0.29, 0.717) is 46.7 Å². The van der Waals surface area contributed by atoms with E-state index in [1.54, 1.807) is 18.3 Å². The number of ether oxygens (including phenoxy) is 1. The normalized spacial score (nSPS) is 20.5. The first-order valence-electron chi connectivity index (χ1n) is 15.6. The zero-order valence-corrected chi connectivity index (χ0v) is 30.0. The van der Waals surface area contributed by atoms with Crippen molar-refractivity contribution in [3.8, 4) is 11.3 Å². The van der Waals surface area contributed by atoms with E-state index in [1.807, 2.05) is 49.9 Å². The fraction of sp³-hybridized carbons (Fsp3) is 0.471. The van der Waals surface area contributed by atoms with Crippen LogP contribution in [0.2, 0.25) is 28.4 Å². The van der Waals surface area contributed by atoms with Crippen LogP contribution in [0.5, 0.6) is 0 Å². The maximum atomic E-state index is 16.4. The molecule has 0 radical (unpaired) electrons. The van der Waals surface area contributed by atoms with Gasteiger partial charge in [-0.1, -0.05) is 62.7 Å². The van der Waals surface area contributed by atoms with Crippen molar-refractivity contribution in [3.05, 3.63) is 58.7 Å². The van der Waals surface area contributed by atoms with E-state index in [1.165, 1.54) is 0 Å². The molecule has 2 aromatic heterocycles. The van der Waals surface area contributed by atoms with Crippen LogP contribution in [0.4, 0.5) is 15.0 Å². The Morgan fingerprint density at radius 1 is 1.02 bits per heavy atom. The van der Waals surface area contributed by atoms with Crippen LogP contribution in [0.3, 0.4) is 0 Å². The first-order valence-corrected chi connectivity index (χ1v) is 19.2. The van der Waals surface area contributed by atoms with Crippen molar-refractivity contribution in [1.82, 2.24) is 19.9 Å². The second-order valence-corrected chi connectivity index (χ2v) is 20.3. The number of benzene rings is 2. The fourth-order valence-electron chi connectivity index (χ4n) is 6.30. The van der Waals surface area contributed by atoms with E-state index in [9.17, 15) is 4.79 Å². The molecular formula is C34H40Cl2FN5O3Si. The Labute approximate surface area is 280 Å². The first kappa shape index (κ1) is 32.9. The molecule has 2 fully saturated rings. The van der Waals surface area contributed by atoms with Crippen molar-refractivity contribution in [2.75, 3.05) is 18.0 Å². The van der Waals surface area contributed by atoms with E-state index in [-0.39, 0.29) is 45.8 Å². The van der Waals surface area contributed by atoms with Crippen molar-refractivity contribution in [2.24, 2.45) is 0 Å². The first-order chi connectivity index (χ1) is 21.4. The number of hydrogen-bond donors (Lipinski definition) is 0. The van der Waals surface area contributed by atoms with Crippen LogP contribution >= 0.6 is 23.2 Å². The number of hydrogen-bond acceptors (Lipinski definition) is 7. The minimum atomic E-state index is -2.18. The third-order valence-corrected chi connectivity index (χ3v) is 14.4. The summed E-state index contributed by atoms with van der Waals surface area (Å²) in [7, 11) is -2.18. The molecule has 4 aromatic rings. The smallest absolute Gasteiger partial charge is 0.411 e. The van der Waals surface area contributed by atoms with Gasteiger partial charge in [-0.15, -0.1) is 0 Å². The second-order valence-electron chi connectivity index (χ2n) is 14.8. The molecule has 0 spiro atoms. The molecule has 6 rings (SSSR count). The van der Waals surface area contributed by atoms with Gasteiger partial charge in [0, 0.05) is 35.3 Å². The molecule has 46 heavy (non-hydrogen) atoms. The Kier molecular flexibility index (Phi) is 8.27. The zero-order valence-electron chi connectivity index (χ0n) is 27.5. The lowest BCUT2D eigenvalue weighted by molar-refractivity contribution is 0.00677. The Morgan fingerprint density at radius 2 is 1.72 bits per heavy atom. The van der Waals surface area contributed by atoms with E-state index >= 15 is 4.39 Å². The number of carbonyl (C=O) groups is 1. The van der Waals surface area contributed by atoms with Crippen LogP contribution in [-0.2, 0) is 9.16 Å². The molecule has 2 saturated heterocycles. The van der Waals surface area contributed by atoms with Crippen LogP contribution in [-0.4, -0.2) is 71.1 Å². The van der Waals surface area contributed by atoms with E-state index < -0.39 is 19.7 Å². The number of halogens is 3. The molecule has 4 heterocycles. The Bertz CT molecular complexity index is 1840. The van der Waals surface area contributed by atoms with Crippen LogP contribution in [0, 0.1) is 5.82 Å². The monoisotopic (exact) mass is 683 g/mol. The number of rotatable bonds is 4. The van der Waals surface area contributed by atoms with E-state index in [2.05, 4.69) is 53.7 Å². The summed E-state index contributed by atoms with van der Waals surface area (Å²) in [4.78, 5) is 30.9. The Hall–Kier alpha value is -3.05. The molecule has 244 valence electrons. The van der Waals surface area contributed by atoms with Gasteiger partial charge in [0.1, 0.15) is 22.6 Å². The summed E-state index contributed by atoms with van der Waals surface area (Å²) >= 11 is 13.0. The molecule has 1 amide bonds. The molecule has 0 saturated carbocycles. The number of anilines is 1. The van der Waals surface area contributed by atoms with Crippen LogP contribution in [0.15, 0.2) is 42.6 Å². The third kappa shape index (κ3) is 5.93. The lowest BCUT2D eigenvalue weighted by Gasteiger charge is -2.44. The second kappa shape index (κ2) is 11.6.